The molecule has 2 aromatic rings. The molecule has 168 valence electrons. The van der Waals surface area contributed by atoms with Gasteiger partial charge in [-0.2, -0.15) is 0 Å². The Labute approximate surface area is 185 Å². The molecule has 1 N–H and O–H groups in total. The highest BCUT2D eigenvalue weighted by atomic mass is 32.2. The number of anilines is 2. The monoisotopic (exact) mass is 444 g/mol. The maximum atomic E-state index is 13.3. The van der Waals surface area contributed by atoms with Crippen LogP contribution in [-0.4, -0.2) is 27.5 Å². The highest BCUT2D eigenvalue weighted by Crippen LogP contribution is 2.39. The summed E-state index contributed by atoms with van der Waals surface area (Å²) in [7, 11) is -3.82. The van der Waals surface area contributed by atoms with Gasteiger partial charge >= 0.3 is 0 Å². The first-order valence-corrected chi connectivity index (χ1v) is 12.1. The number of sulfonamides is 1. The Morgan fingerprint density at radius 1 is 1.06 bits per heavy atom. The first-order valence-electron chi connectivity index (χ1n) is 10.6. The van der Waals surface area contributed by atoms with Crippen LogP contribution < -0.4 is 14.4 Å². The molecule has 0 spiro atoms. The third-order valence-corrected chi connectivity index (χ3v) is 7.58. The highest BCUT2D eigenvalue weighted by molar-refractivity contribution is 7.92. The Bertz CT molecular complexity index is 1110. The molecule has 1 aliphatic rings. The molecule has 6 nitrogen and oxygen atoms in total. The molecule has 0 saturated carbocycles. The molecule has 7 heteroatoms. The summed E-state index contributed by atoms with van der Waals surface area (Å²) in [6.45, 7) is 14.0. The first kappa shape index (κ1) is 23.1. The average Bonchev–Trinajstić information content (AvgIpc) is 2.76. The van der Waals surface area contributed by atoms with Gasteiger partial charge in [-0.05, 0) is 88.4 Å². The number of aryl methyl sites for hydroxylation is 2. The van der Waals surface area contributed by atoms with Crippen LogP contribution in [0.15, 0.2) is 29.2 Å². The molecule has 0 radical (unpaired) electrons. The summed E-state index contributed by atoms with van der Waals surface area (Å²) in [5, 5.41) is 0. The lowest BCUT2D eigenvalue weighted by Gasteiger charge is -2.28. The molecule has 1 amide bonds. The average molecular weight is 445 g/mol. The van der Waals surface area contributed by atoms with Crippen LogP contribution >= 0.6 is 0 Å². The van der Waals surface area contributed by atoms with Gasteiger partial charge in [0.2, 0.25) is 5.91 Å². The van der Waals surface area contributed by atoms with Crippen LogP contribution in [0.5, 0.6) is 5.75 Å². The number of benzene rings is 2. The minimum Gasteiger partial charge on any atom is -0.490 e. The highest BCUT2D eigenvalue weighted by Gasteiger charge is 2.37. The lowest BCUT2D eigenvalue weighted by Crippen LogP contribution is -2.42. The van der Waals surface area contributed by atoms with Crippen LogP contribution in [0, 0.1) is 33.1 Å². The zero-order valence-corrected chi connectivity index (χ0v) is 20.2. The fourth-order valence-corrected chi connectivity index (χ4v) is 5.61. The molecular weight excluding hydrogens is 412 g/mol. The summed E-state index contributed by atoms with van der Waals surface area (Å²) in [4.78, 5) is 15.1. The Balaban J connectivity index is 2.06. The van der Waals surface area contributed by atoms with E-state index in [1.807, 2.05) is 54.5 Å². The van der Waals surface area contributed by atoms with Gasteiger partial charge in [-0.25, -0.2) is 8.42 Å². The van der Waals surface area contributed by atoms with Crippen LogP contribution in [0.3, 0.4) is 0 Å². The van der Waals surface area contributed by atoms with Crippen molar-refractivity contribution in [3.8, 4) is 5.75 Å². The van der Waals surface area contributed by atoms with Gasteiger partial charge in [0.1, 0.15) is 12.4 Å². The second kappa shape index (κ2) is 8.19. The maximum Gasteiger partial charge on any atom is 0.262 e. The minimum absolute atomic E-state index is 0.0332. The quantitative estimate of drug-likeness (QED) is 0.713. The number of hydrogen-bond acceptors (Lipinski definition) is 4. The zero-order valence-electron chi connectivity index (χ0n) is 19.4. The molecule has 0 unspecified atom stereocenters. The summed E-state index contributed by atoms with van der Waals surface area (Å²) in [5.41, 5.74) is 3.65. The maximum absolute atomic E-state index is 13.3. The normalized spacial score (nSPS) is 15.8. The van der Waals surface area contributed by atoms with Crippen LogP contribution in [0.4, 0.5) is 11.4 Å². The number of amides is 1. The van der Waals surface area contributed by atoms with Crippen LogP contribution in [0.1, 0.15) is 49.4 Å². The number of hydrogen-bond donors (Lipinski definition) is 1. The number of nitrogens with zero attached hydrogens (tertiary/aromatic N) is 1. The van der Waals surface area contributed by atoms with Crippen molar-refractivity contribution in [2.45, 2.75) is 59.8 Å². The van der Waals surface area contributed by atoms with Gasteiger partial charge < -0.3 is 9.64 Å². The largest absolute Gasteiger partial charge is 0.490 e. The Morgan fingerprint density at radius 3 is 2.26 bits per heavy atom. The summed E-state index contributed by atoms with van der Waals surface area (Å²) in [6, 6.07) is 7.09. The molecule has 0 bridgehead atoms. The van der Waals surface area contributed by atoms with Gasteiger partial charge in [-0.1, -0.05) is 13.0 Å². The van der Waals surface area contributed by atoms with Gasteiger partial charge in [-0.15, -0.1) is 0 Å². The van der Waals surface area contributed by atoms with Crippen LogP contribution in [0.2, 0.25) is 0 Å². The Morgan fingerprint density at radius 2 is 1.68 bits per heavy atom. The van der Waals surface area contributed by atoms with E-state index >= 15 is 0 Å². The van der Waals surface area contributed by atoms with Crippen molar-refractivity contribution in [3.05, 3.63) is 46.5 Å². The van der Waals surface area contributed by atoms with Crippen LogP contribution in [-0.2, 0) is 14.8 Å². The second-order valence-electron chi connectivity index (χ2n) is 9.01. The van der Waals surface area contributed by atoms with Crippen molar-refractivity contribution in [2.24, 2.45) is 5.41 Å². The third kappa shape index (κ3) is 4.28. The lowest BCUT2D eigenvalue weighted by molar-refractivity contribution is -0.127. The predicted octanol–water partition coefficient (Wildman–Crippen LogP) is 4.88. The first-order chi connectivity index (χ1) is 14.4. The van der Waals surface area contributed by atoms with Crippen molar-refractivity contribution in [1.29, 1.82) is 0 Å². The molecule has 0 atom stereocenters. The molecule has 1 aliphatic heterocycles. The molecule has 0 aliphatic carbocycles. The van der Waals surface area contributed by atoms with E-state index in [2.05, 4.69) is 4.72 Å². The van der Waals surface area contributed by atoms with Gasteiger partial charge in [0.15, 0.2) is 0 Å². The predicted molar refractivity (Wildman–Crippen MR) is 125 cm³/mol. The molecular formula is C24H32N2O4S. The van der Waals surface area contributed by atoms with E-state index in [-0.39, 0.29) is 12.5 Å². The summed E-state index contributed by atoms with van der Waals surface area (Å²) < 4.78 is 35.3. The number of ether oxygens (including phenoxy) is 1. The molecule has 3 rings (SSSR count). The smallest absolute Gasteiger partial charge is 0.262 e. The molecule has 2 aromatic carbocycles. The number of carbonyl (C=O) groups is 1. The van der Waals surface area contributed by atoms with E-state index in [0.717, 1.165) is 28.7 Å². The zero-order chi connectivity index (χ0) is 23.1. The summed E-state index contributed by atoms with van der Waals surface area (Å²) in [5.74, 6) is 0.545. The van der Waals surface area contributed by atoms with E-state index in [4.69, 9.17) is 4.74 Å². The van der Waals surface area contributed by atoms with Gasteiger partial charge in [0.25, 0.3) is 10.0 Å². The molecule has 31 heavy (non-hydrogen) atoms. The van der Waals surface area contributed by atoms with E-state index in [1.54, 1.807) is 23.1 Å². The molecule has 0 fully saturated rings. The Hall–Kier alpha value is -2.54. The number of nitrogens with one attached hydrogen (secondary N) is 1. The van der Waals surface area contributed by atoms with Crippen molar-refractivity contribution >= 4 is 27.3 Å². The topological polar surface area (TPSA) is 75.7 Å². The van der Waals surface area contributed by atoms with Crippen molar-refractivity contribution in [2.75, 3.05) is 22.8 Å². The number of fused-ring (bicyclic) bond motifs is 1. The fraction of sp³-hybridized carbons (Fsp3) is 0.458. The summed E-state index contributed by atoms with van der Waals surface area (Å²) in [6.07, 6.45) is 0.776. The molecule has 0 saturated heterocycles. The van der Waals surface area contributed by atoms with E-state index < -0.39 is 15.4 Å². The van der Waals surface area contributed by atoms with Crippen molar-refractivity contribution in [3.63, 3.8) is 0 Å². The van der Waals surface area contributed by atoms with E-state index in [9.17, 15) is 13.2 Å². The van der Waals surface area contributed by atoms with Gasteiger partial charge in [0.05, 0.1) is 21.7 Å². The second-order valence-corrected chi connectivity index (χ2v) is 10.6. The van der Waals surface area contributed by atoms with Gasteiger partial charge in [0, 0.05) is 6.54 Å². The number of rotatable bonds is 5. The fourth-order valence-electron chi connectivity index (χ4n) is 3.94. The van der Waals surface area contributed by atoms with E-state index in [1.165, 1.54) is 0 Å². The van der Waals surface area contributed by atoms with Crippen LogP contribution in [0.25, 0.3) is 0 Å². The van der Waals surface area contributed by atoms with Crippen molar-refractivity contribution in [1.82, 2.24) is 0 Å². The summed E-state index contributed by atoms with van der Waals surface area (Å²) >= 11 is 0. The Kier molecular flexibility index (Phi) is 6.11. The number of carbonyl (C=O) groups excluding carboxylic acids is 1. The SMILES string of the molecule is CCCN1C(=O)C(C)(C)COc2ccc(NS(=O)(=O)c3c(C)c(C)cc(C)c3C)cc21. The third-order valence-electron chi connectivity index (χ3n) is 5.93. The standard InChI is InChI=1S/C24H32N2O4S/c1-8-11-26-20-13-19(9-10-21(20)30-14-24(6,7)23(26)27)25-31(28,29)22-17(4)15(2)12-16(3)18(22)5/h9-10,12-13,25H,8,11,14H2,1-7H3. The van der Waals surface area contributed by atoms with Crippen molar-refractivity contribution < 1.29 is 17.9 Å². The van der Waals surface area contributed by atoms with Gasteiger partial charge in [-0.3, -0.25) is 9.52 Å². The lowest BCUT2D eigenvalue weighted by atomic mass is 9.93. The minimum atomic E-state index is -3.82. The van der Waals surface area contributed by atoms with E-state index in [0.29, 0.717) is 28.6 Å². The molecule has 0 aromatic heterocycles. The molecule has 1 heterocycles.